The van der Waals surface area contributed by atoms with Crippen LogP contribution in [0.3, 0.4) is 0 Å². The first-order chi connectivity index (χ1) is 11.7. The molecule has 2 heterocycles. The molecule has 0 spiro atoms. The average Bonchev–Trinajstić information content (AvgIpc) is 3.29. The Kier molecular flexibility index (Phi) is 5.82. The van der Waals surface area contributed by atoms with Crippen LogP contribution < -0.4 is 5.32 Å². The predicted molar refractivity (Wildman–Crippen MR) is 95.3 cm³/mol. The number of nitrogens with one attached hydrogen (secondary N) is 1. The summed E-state index contributed by atoms with van der Waals surface area (Å²) in [5, 5.41) is 2.96. The van der Waals surface area contributed by atoms with Crippen LogP contribution in [0.25, 0.3) is 0 Å². The Hall–Kier alpha value is -1.92. The Labute approximate surface area is 146 Å². The van der Waals surface area contributed by atoms with Crippen molar-refractivity contribution in [3.8, 4) is 0 Å². The van der Waals surface area contributed by atoms with Gasteiger partial charge in [0.2, 0.25) is 0 Å². The standard InChI is InChI=1S/C18H22N2O3S/c1-24-17-8-6-14(7-9-17)19-18(21)20(12-15-4-2-10-22-15)13-16-5-3-11-23-16/h2,4,6-10,16H,3,5,11-13H2,1H3,(H,19,21)/t16-/m1/s1. The smallest absolute Gasteiger partial charge is 0.322 e. The number of hydrogen-bond acceptors (Lipinski definition) is 4. The summed E-state index contributed by atoms with van der Waals surface area (Å²) < 4.78 is 11.1. The molecule has 5 nitrogen and oxygen atoms in total. The molecule has 1 aliphatic heterocycles. The second kappa shape index (κ2) is 8.26. The van der Waals surface area contributed by atoms with Crippen molar-refractivity contribution in [2.45, 2.75) is 30.4 Å². The first kappa shape index (κ1) is 16.9. The van der Waals surface area contributed by atoms with E-state index in [4.69, 9.17) is 9.15 Å². The second-order valence-electron chi connectivity index (χ2n) is 5.75. The molecule has 1 saturated heterocycles. The fraction of sp³-hybridized carbons (Fsp3) is 0.389. The molecule has 3 rings (SSSR count). The zero-order valence-electron chi connectivity index (χ0n) is 13.7. The zero-order valence-corrected chi connectivity index (χ0v) is 14.6. The highest BCUT2D eigenvalue weighted by Crippen LogP contribution is 2.19. The molecule has 1 fully saturated rings. The van der Waals surface area contributed by atoms with E-state index in [1.807, 2.05) is 42.7 Å². The molecule has 6 heteroatoms. The van der Waals surface area contributed by atoms with Crippen molar-refractivity contribution in [1.29, 1.82) is 0 Å². The van der Waals surface area contributed by atoms with E-state index < -0.39 is 0 Å². The number of thioether (sulfide) groups is 1. The van der Waals surface area contributed by atoms with Gasteiger partial charge in [0.1, 0.15) is 5.76 Å². The largest absolute Gasteiger partial charge is 0.467 e. The number of anilines is 1. The van der Waals surface area contributed by atoms with Gasteiger partial charge in [-0.15, -0.1) is 11.8 Å². The van der Waals surface area contributed by atoms with Crippen LogP contribution in [-0.4, -0.2) is 36.4 Å². The fourth-order valence-electron chi connectivity index (χ4n) is 2.72. The van der Waals surface area contributed by atoms with Crippen LogP contribution >= 0.6 is 11.8 Å². The Morgan fingerprint density at radius 3 is 2.79 bits per heavy atom. The zero-order chi connectivity index (χ0) is 16.8. The molecular formula is C18H22N2O3S. The maximum absolute atomic E-state index is 12.7. The van der Waals surface area contributed by atoms with E-state index in [2.05, 4.69) is 5.32 Å². The highest BCUT2D eigenvalue weighted by Gasteiger charge is 2.23. The summed E-state index contributed by atoms with van der Waals surface area (Å²) >= 11 is 1.67. The van der Waals surface area contributed by atoms with Crippen LogP contribution in [0, 0.1) is 0 Å². The number of hydrogen-bond donors (Lipinski definition) is 1. The Morgan fingerprint density at radius 2 is 2.17 bits per heavy atom. The van der Waals surface area contributed by atoms with E-state index in [1.54, 1.807) is 22.9 Å². The topological polar surface area (TPSA) is 54.7 Å². The molecule has 2 aromatic rings. The summed E-state index contributed by atoms with van der Waals surface area (Å²) in [5.41, 5.74) is 0.787. The average molecular weight is 346 g/mol. The van der Waals surface area contributed by atoms with E-state index >= 15 is 0 Å². The number of nitrogens with zero attached hydrogens (tertiary/aromatic N) is 1. The quantitative estimate of drug-likeness (QED) is 0.796. The fourth-order valence-corrected chi connectivity index (χ4v) is 3.13. The number of rotatable bonds is 6. The molecule has 1 atom stereocenters. The van der Waals surface area contributed by atoms with Gasteiger partial charge in [0.05, 0.1) is 18.9 Å². The third-order valence-electron chi connectivity index (χ3n) is 4.00. The summed E-state index contributed by atoms with van der Waals surface area (Å²) in [7, 11) is 0. The molecule has 1 aromatic heterocycles. The normalized spacial score (nSPS) is 17.0. The van der Waals surface area contributed by atoms with Crippen LogP contribution in [0.2, 0.25) is 0 Å². The minimum Gasteiger partial charge on any atom is -0.467 e. The highest BCUT2D eigenvalue weighted by molar-refractivity contribution is 7.98. The van der Waals surface area contributed by atoms with Crippen molar-refractivity contribution in [3.63, 3.8) is 0 Å². The van der Waals surface area contributed by atoms with Gasteiger partial charge in [0.25, 0.3) is 0 Å². The van der Waals surface area contributed by atoms with E-state index in [0.717, 1.165) is 30.9 Å². The van der Waals surface area contributed by atoms with Crippen molar-refractivity contribution in [1.82, 2.24) is 4.90 Å². The third-order valence-corrected chi connectivity index (χ3v) is 4.75. The van der Waals surface area contributed by atoms with Gasteiger partial charge in [0.15, 0.2) is 0 Å². The molecule has 1 aromatic carbocycles. The molecule has 1 N–H and O–H groups in total. The highest BCUT2D eigenvalue weighted by atomic mass is 32.2. The lowest BCUT2D eigenvalue weighted by atomic mass is 10.2. The molecule has 0 saturated carbocycles. The first-order valence-electron chi connectivity index (χ1n) is 8.08. The van der Waals surface area contributed by atoms with Gasteiger partial charge in [-0.1, -0.05) is 0 Å². The summed E-state index contributed by atoms with van der Waals surface area (Å²) in [6.07, 6.45) is 5.80. The van der Waals surface area contributed by atoms with E-state index in [0.29, 0.717) is 13.1 Å². The van der Waals surface area contributed by atoms with Crippen molar-refractivity contribution in [3.05, 3.63) is 48.4 Å². The van der Waals surface area contributed by atoms with Gasteiger partial charge in [-0.05, 0) is 55.5 Å². The monoisotopic (exact) mass is 346 g/mol. The summed E-state index contributed by atoms with van der Waals surface area (Å²) in [5.74, 6) is 0.765. The summed E-state index contributed by atoms with van der Waals surface area (Å²) in [6.45, 7) is 1.77. The van der Waals surface area contributed by atoms with Crippen LogP contribution in [0.5, 0.6) is 0 Å². The Balaban J connectivity index is 1.66. The molecular weight excluding hydrogens is 324 g/mol. The van der Waals surface area contributed by atoms with Gasteiger partial charge in [-0.3, -0.25) is 0 Å². The first-order valence-corrected chi connectivity index (χ1v) is 9.31. The summed E-state index contributed by atoms with van der Waals surface area (Å²) in [6, 6.07) is 11.4. The Morgan fingerprint density at radius 1 is 1.33 bits per heavy atom. The molecule has 1 aliphatic rings. The minimum absolute atomic E-state index is 0.101. The van der Waals surface area contributed by atoms with Gasteiger partial charge in [0, 0.05) is 23.7 Å². The van der Waals surface area contributed by atoms with Gasteiger partial charge >= 0.3 is 6.03 Å². The van der Waals surface area contributed by atoms with E-state index in [9.17, 15) is 4.79 Å². The number of carbonyl (C=O) groups is 1. The van der Waals surface area contributed by atoms with Gasteiger partial charge in [-0.2, -0.15) is 0 Å². The molecule has 2 amide bonds. The minimum atomic E-state index is -0.140. The maximum atomic E-state index is 12.7. The molecule has 0 aliphatic carbocycles. The van der Waals surface area contributed by atoms with Crippen molar-refractivity contribution >= 4 is 23.5 Å². The SMILES string of the molecule is CSc1ccc(NC(=O)N(Cc2ccco2)C[C@H]2CCCO2)cc1. The maximum Gasteiger partial charge on any atom is 0.322 e. The van der Waals surface area contributed by atoms with Crippen molar-refractivity contribution in [2.75, 3.05) is 24.7 Å². The number of furan rings is 1. The molecule has 128 valence electrons. The number of urea groups is 1. The van der Waals surface area contributed by atoms with E-state index in [1.165, 1.54) is 4.90 Å². The second-order valence-corrected chi connectivity index (χ2v) is 6.63. The van der Waals surface area contributed by atoms with E-state index in [-0.39, 0.29) is 12.1 Å². The lowest BCUT2D eigenvalue weighted by molar-refractivity contribution is 0.0803. The molecule has 0 bridgehead atoms. The van der Waals surface area contributed by atoms with Crippen molar-refractivity contribution in [2.24, 2.45) is 0 Å². The van der Waals surface area contributed by atoms with Gasteiger partial charge < -0.3 is 19.4 Å². The lowest BCUT2D eigenvalue weighted by Crippen LogP contribution is -2.39. The summed E-state index contributed by atoms with van der Waals surface area (Å²) in [4.78, 5) is 15.6. The number of benzene rings is 1. The predicted octanol–water partition coefficient (Wildman–Crippen LogP) is 4.21. The van der Waals surface area contributed by atoms with Crippen LogP contribution in [0.4, 0.5) is 10.5 Å². The third kappa shape index (κ3) is 4.55. The number of ether oxygens (including phenoxy) is 1. The molecule has 24 heavy (non-hydrogen) atoms. The van der Waals surface area contributed by atoms with Crippen molar-refractivity contribution < 1.29 is 13.9 Å². The molecule has 0 unspecified atom stereocenters. The van der Waals surface area contributed by atoms with Crippen LogP contribution in [-0.2, 0) is 11.3 Å². The van der Waals surface area contributed by atoms with Crippen LogP contribution in [0.15, 0.2) is 52.0 Å². The lowest BCUT2D eigenvalue weighted by Gasteiger charge is -2.25. The molecule has 0 radical (unpaired) electrons. The number of amides is 2. The van der Waals surface area contributed by atoms with Crippen LogP contribution in [0.1, 0.15) is 18.6 Å². The van der Waals surface area contributed by atoms with Gasteiger partial charge in [-0.25, -0.2) is 4.79 Å². The Bertz CT molecular complexity index is 637. The number of carbonyl (C=O) groups excluding carboxylic acids is 1.